The van der Waals surface area contributed by atoms with Crippen molar-refractivity contribution in [3.8, 4) is 5.75 Å². The van der Waals surface area contributed by atoms with Crippen LogP contribution in [0.3, 0.4) is 0 Å². The molecule has 0 saturated carbocycles. The maximum absolute atomic E-state index is 13.1. The number of nitrogens with one attached hydrogen (secondary N) is 2. The van der Waals surface area contributed by atoms with Crippen molar-refractivity contribution in [2.75, 3.05) is 25.1 Å². The molecule has 4 rings (SSSR count). The lowest BCUT2D eigenvalue weighted by Crippen LogP contribution is -2.16. The van der Waals surface area contributed by atoms with Gasteiger partial charge in [-0.15, -0.1) is 0 Å². The zero-order valence-electron chi connectivity index (χ0n) is 18.2. The topological polar surface area (TPSA) is 123 Å². The largest absolute Gasteiger partial charge is 0.491 e. The van der Waals surface area contributed by atoms with Crippen LogP contribution in [0.5, 0.6) is 5.75 Å². The van der Waals surface area contributed by atoms with Gasteiger partial charge in [0.15, 0.2) is 11.3 Å². The summed E-state index contributed by atoms with van der Waals surface area (Å²) >= 11 is 0. The van der Waals surface area contributed by atoms with Crippen LogP contribution >= 0.6 is 0 Å². The lowest BCUT2D eigenvalue weighted by molar-refractivity contribution is -0.139. The highest BCUT2D eigenvalue weighted by Gasteiger charge is 2.37. The molecule has 170 valence electrons. The maximum atomic E-state index is 13.1. The number of hydrogen-bond acceptors (Lipinski definition) is 8. The number of ether oxygens (including phenoxy) is 3. The lowest BCUT2D eigenvalue weighted by Gasteiger charge is -2.13. The van der Waals surface area contributed by atoms with E-state index in [1.807, 2.05) is 13.0 Å². The highest BCUT2D eigenvalue weighted by atomic mass is 16.5. The number of allylic oxidation sites excluding steroid dienone is 1. The number of aromatic nitrogens is 2. The van der Waals surface area contributed by atoms with Crippen LogP contribution in [-0.2, 0) is 19.1 Å². The highest BCUT2D eigenvalue weighted by molar-refractivity contribution is 6.26. The summed E-state index contributed by atoms with van der Waals surface area (Å²) in [6.45, 7) is 3.71. The monoisotopic (exact) mass is 449 g/mol. The van der Waals surface area contributed by atoms with Crippen LogP contribution in [0.15, 0.2) is 59.9 Å². The molecule has 0 bridgehead atoms. The van der Waals surface area contributed by atoms with Crippen molar-refractivity contribution in [3.63, 3.8) is 0 Å². The summed E-state index contributed by atoms with van der Waals surface area (Å²) in [5.41, 5.74) is 2.57. The van der Waals surface area contributed by atoms with E-state index in [0.717, 1.165) is 10.9 Å². The van der Waals surface area contributed by atoms with E-state index < -0.39 is 11.8 Å². The van der Waals surface area contributed by atoms with Gasteiger partial charge in [0.25, 0.3) is 0 Å². The second-order valence-electron chi connectivity index (χ2n) is 7.18. The molecule has 3 N–H and O–H groups in total. The van der Waals surface area contributed by atoms with Crippen LogP contribution in [0.2, 0.25) is 0 Å². The van der Waals surface area contributed by atoms with Crippen LogP contribution in [0.25, 0.3) is 17.1 Å². The number of aliphatic hydroxyl groups is 1. The summed E-state index contributed by atoms with van der Waals surface area (Å²) in [6, 6.07) is 8.88. The summed E-state index contributed by atoms with van der Waals surface area (Å²) < 4.78 is 16.3. The van der Waals surface area contributed by atoms with E-state index in [9.17, 15) is 9.59 Å². The second-order valence-corrected chi connectivity index (χ2v) is 7.18. The van der Waals surface area contributed by atoms with Crippen molar-refractivity contribution in [2.24, 2.45) is 0 Å². The van der Waals surface area contributed by atoms with Crippen molar-refractivity contribution in [2.45, 2.75) is 13.8 Å². The third-order valence-corrected chi connectivity index (χ3v) is 4.95. The Balaban J connectivity index is 1.66. The van der Waals surface area contributed by atoms with Crippen molar-refractivity contribution < 1.29 is 28.9 Å². The van der Waals surface area contributed by atoms with E-state index in [1.54, 1.807) is 49.7 Å². The Morgan fingerprint density at radius 1 is 1.33 bits per heavy atom. The van der Waals surface area contributed by atoms with Gasteiger partial charge in [-0.1, -0.05) is 0 Å². The normalized spacial score (nSPS) is 14.6. The first-order valence-electron chi connectivity index (χ1n) is 10.4. The quantitative estimate of drug-likeness (QED) is 0.272. The number of rotatable bonds is 8. The highest BCUT2D eigenvalue weighted by Crippen LogP contribution is 2.31. The molecule has 0 saturated heterocycles. The Morgan fingerprint density at radius 3 is 2.94 bits per heavy atom. The number of aryl methyl sites for hydroxylation is 1. The number of carbonyl (C=O) groups is 2. The van der Waals surface area contributed by atoms with Gasteiger partial charge in [-0.3, -0.25) is 4.79 Å². The first-order chi connectivity index (χ1) is 16.0. The van der Waals surface area contributed by atoms with Gasteiger partial charge >= 0.3 is 5.97 Å². The molecule has 0 aliphatic carbocycles. The molecular formula is C24H23N3O6. The third kappa shape index (κ3) is 4.58. The number of nitrogens with zero attached hydrogens (tertiary/aromatic N) is 1. The number of anilines is 1. The molecule has 9 heteroatoms. The predicted molar refractivity (Wildman–Crippen MR) is 121 cm³/mol. The number of benzene rings is 1. The first-order valence-corrected chi connectivity index (χ1v) is 10.4. The predicted octanol–water partition coefficient (Wildman–Crippen LogP) is 3.07. The second kappa shape index (κ2) is 9.58. The van der Waals surface area contributed by atoms with Crippen molar-refractivity contribution in [1.29, 1.82) is 0 Å². The molecule has 1 aliphatic heterocycles. The van der Waals surface area contributed by atoms with Gasteiger partial charge in [-0.25, -0.2) is 9.78 Å². The van der Waals surface area contributed by atoms with Crippen LogP contribution in [0.4, 0.5) is 5.69 Å². The molecular weight excluding hydrogens is 426 g/mol. The van der Waals surface area contributed by atoms with Crippen molar-refractivity contribution >= 4 is 34.5 Å². The fourth-order valence-electron chi connectivity index (χ4n) is 3.40. The number of aromatic amines is 1. The van der Waals surface area contributed by atoms with Crippen LogP contribution in [-0.4, -0.2) is 46.6 Å². The number of esters is 1. The number of Topliss-reactive ketones (excluding diaryl/α,β-unsaturated/α-hetero) is 1. The minimum atomic E-state index is -0.769. The van der Waals surface area contributed by atoms with Gasteiger partial charge in [0.1, 0.15) is 18.0 Å². The molecule has 3 aromatic rings. The van der Waals surface area contributed by atoms with Gasteiger partial charge < -0.3 is 29.6 Å². The van der Waals surface area contributed by atoms with E-state index in [4.69, 9.17) is 19.3 Å². The Bertz CT molecular complexity index is 1270. The number of fused-ring (bicyclic) bond motifs is 1. The molecule has 0 amide bonds. The standard InChI is InChI=1S/C24H23N3O6/c1-3-31-24(30)20-21(29)19(12-15-13-26-22-17(15)5-4-8-25-22)33-23(20)27-18-7-6-16(11-14(18)2)32-10-9-28/h4-8,11-13,27-28H,3,9-10H2,1-2H3,(H,25,26)/b19-12-. The van der Waals surface area contributed by atoms with Gasteiger partial charge in [0, 0.05) is 29.0 Å². The average Bonchev–Trinajstić information content (AvgIpc) is 3.35. The number of pyridine rings is 1. The number of aliphatic hydroxyl groups excluding tert-OH is 1. The Morgan fingerprint density at radius 2 is 2.18 bits per heavy atom. The average molecular weight is 449 g/mol. The zero-order chi connectivity index (χ0) is 23.4. The SMILES string of the molecule is CCOC(=O)C1=C(Nc2ccc(OCCO)cc2C)O/C(=C\c2c[nH]c3ncccc23)C1=O. The molecule has 1 aromatic carbocycles. The summed E-state index contributed by atoms with van der Waals surface area (Å²) in [5, 5.41) is 12.8. The Kier molecular flexibility index (Phi) is 6.41. The summed E-state index contributed by atoms with van der Waals surface area (Å²) in [7, 11) is 0. The minimum absolute atomic E-state index is 0.00482. The molecule has 0 radical (unpaired) electrons. The summed E-state index contributed by atoms with van der Waals surface area (Å²) in [6.07, 6.45) is 4.94. The molecule has 9 nitrogen and oxygen atoms in total. The van der Waals surface area contributed by atoms with Crippen molar-refractivity contribution in [1.82, 2.24) is 9.97 Å². The van der Waals surface area contributed by atoms with Gasteiger partial charge in [0.2, 0.25) is 11.7 Å². The zero-order valence-corrected chi connectivity index (χ0v) is 18.2. The van der Waals surface area contributed by atoms with Crippen molar-refractivity contribution in [3.05, 3.63) is 71.1 Å². The maximum Gasteiger partial charge on any atom is 0.347 e. The molecule has 0 fully saturated rings. The van der Waals surface area contributed by atoms with Crippen LogP contribution in [0, 0.1) is 6.92 Å². The number of H-pyrrole nitrogens is 1. The fraction of sp³-hybridized carbons (Fsp3) is 0.208. The molecule has 2 aromatic heterocycles. The summed E-state index contributed by atoms with van der Waals surface area (Å²) in [4.78, 5) is 32.9. The van der Waals surface area contributed by atoms with E-state index in [-0.39, 0.29) is 37.0 Å². The van der Waals surface area contributed by atoms with Crippen LogP contribution < -0.4 is 10.1 Å². The third-order valence-electron chi connectivity index (χ3n) is 4.95. The fourth-order valence-corrected chi connectivity index (χ4v) is 3.40. The lowest BCUT2D eigenvalue weighted by atomic mass is 10.1. The Hall–Kier alpha value is -4.11. The number of ketones is 1. The Labute approximate surface area is 189 Å². The minimum Gasteiger partial charge on any atom is -0.491 e. The molecule has 33 heavy (non-hydrogen) atoms. The molecule has 0 unspecified atom stereocenters. The van der Waals surface area contributed by atoms with Gasteiger partial charge in [-0.2, -0.15) is 0 Å². The number of carbonyl (C=O) groups excluding carboxylic acids is 2. The summed E-state index contributed by atoms with van der Waals surface area (Å²) in [5.74, 6) is -0.770. The van der Waals surface area contributed by atoms with Crippen LogP contribution in [0.1, 0.15) is 18.1 Å². The first kappa shape index (κ1) is 22.1. The van der Waals surface area contributed by atoms with E-state index in [2.05, 4.69) is 15.3 Å². The van der Waals surface area contributed by atoms with E-state index >= 15 is 0 Å². The number of hydrogen-bond donors (Lipinski definition) is 3. The molecule has 0 spiro atoms. The van der Waals surface area contributed by atoms with Gasteiger partial charge in [-0.05, 0) is 55.8 Å². The molecule has 1 aliphatic rings. The van der Waals surface area contributed by atoms with Gasteiger partial charge in [0.05, 0.1) is 13.2 Å². The van der Waals surface area contributed by atoms with E-state index in [0.29, 0.717) is 22.6 Å². The van der Waals surface area contributed by atoms with E-state index in [1.165, 1.54) is 0 Å². The smallest absolute Gasteiger partial charge is 0.347 e. The molecule has 3 heterocycles. The molecule has 0 atom stereocenters.